The summed E-state index contributed by atoms with van der Waals surface area (Å²) in [6, 6.07) is 15.9. The Balaban J connectivity index is 1.69. The van der Waals surface area contributed by atoms with Crippen LogP contribution < -0.4 is 4.74 Å². The van der Waals surface area contributed by atoms with E-state index >= 15 is 0 Å². The second kappa shape index (κ2) is 6.62. The maximum Gasteiger partial charge on any atom is 0.359 e. The molecule has 0 unspecified atom stereocenters. The fourth-order valence-corrected chi connectivity index (χ4v) is 2.31. The van der Waals surface area contributed by atoms with E-state index in [9.17, 15) is 4.79 Å². The fourth-order valence-electron chi connectivity index (χ4n) is 2.05. The molecule has 0 fully saturated rings. The van der Waals surface area contributed by atoms with Crippen molar-refractivity contribution in [1.29, 1.82) is 0 Å². The van der Waals surface area contributed by atoms with E-state index in [0.29, 0.717) is 0 Å². The molecule has 0 bridgehead atoms. The van der Waals surface area contributed by atoms with Crippen molar-refractivity contribution in [3.63, 3.8) is 0 Å². The van der Waals surface area contributed by atoms with Gasteiger partial charge in [0.15, 0.2) is 0 Å². The first kappa shape index (κ1) is 15.2. The maximum atomic E-state index is 10.9. The molecular weight excluding hydrogens is 362 g/mol. The Hall–Kier alpha value is -2.67. The quantitative estimate of drug-likeness (QED) is 0.714. The summed E-state index contributed by atoms with van der Waals surface area (Å²) >= 11 is 3.41. The van der Waals surface area contributed by atoms with Crippen LogP contribution in [-0.4, -0.2) is 26.5 Å². The van der Waals surface area contributed by atoms with Gasteiger partial charge in [0.05, 0.1) is 0 Å². The zero-order valence-corrected chi connectivity index (χ0v) is 13.4. The minimum atomic E-state index is -1.16. The van der Waals surface area contributed by atoms with Gasteiger partial charge in [0, 0.05) is 4.47 Å². The number of ether oxygens (including phenoxy) is 1. The third-order valence-electron chi connectivity index (χ3n) is 3.24. The number of halogens is 1. The van der Waals surface area contributed by atoms with Crippen molar-refractivity contribution in [2.75, 3.05) is 0 Å². The lowest BCUT2D eigenvalue weighted by Gasteiger charge is -2.06. The SMILES string of the molecule is O=C(O)c1[nH]nnc1OCc1ccc(-c2ccc(Br)cc2)cc1. The number of aromatic carboxylic acids is 1. The van der Waals surface area contributed by atoms with E-state index in [1.807, 2.05) is 48.5 Å². The Morgan fingerprint density at radius 1 is 1.09 bits per heavy atom. The molecule has 23 heavy (non-hydrogen) atoms. The molecule has 6 nitrogen and oxygen atoms in total. The lowest BCUT2D eigenvalue weighted by molar-refractivity contribution is 0.0685. The van der Waals surface area contributed by atoms with Crippen LogP contribution in [0.15, 0.2) is 53.0 Å². The highest BCUT2D eigenvalue weighted by Gasteiger charge is 2.15. The van der Waals surface area contributed by atoms with Crippen LogP contribution in [0.1, 0.15) is 16.1 Å². The minimum absolute atomic E-state index is 0.0190. The first-order chi connectivity index (χ1) is 11.1. The summed E-state index contributed by atoms with van der Waals surface area (Å²) in [6.45, 7) is 0.216. The Bertz CT molecular complexity index is 813. The number of carbonyl (C=O) groups is 1. The van der Waals surface area contributed by atoms with E-state index in [1.165, 1.54) is 0 Å². The Morgan fingerprint density at radius 2 is 1.70 bits per heavy atom. The number of benzene rings is 2. The van der Waals surface area contributed by atoms with Crippen molar-refractivity contribution in [3.05, 3.63) is 64.3 Å². The number of H-pyrrole nitrogens is 1. The van der Waals surface area contributed by atoms with E-state index in [1.54, 1.807) is 0 Å². The van der Waals surface area contributed by atoms with E-state index in [2.05, 4.69) is 31.3 Å². The first-order valence-electron chi connectivity index (χ1n) is 6.75. The molecule has 0 saturated heterocycles. The van der Waals surface area contributed by atoms with Crippen molar-refractivity contribution in [2.24, 2.45) is 0 Å². The summed E-state index contributed by atoms with van der Waals surface area (Å²) in [7, 11) is 0. The van der Waals surface area contributed by atoms with Gasteiger partial charge in [-0.2, -0.15) is 0 Å². The van der Waals surface area contributed by atoms with Crippen LogP contribution in [0.25, 0.3) is 11.1 Å². The predicted octanol–water partition coefficient (Wildman–Crippen LogP) is 3.51. The number of aromatic nitrogens is 3. The molecule has 0 spiro atoms. The largest absolute Gasteiger partial charge is 0.476 e. The molecule has 0 radical (unpaired) electrons. The number of carboxylic acids is 1. The van der Waals surface area contributed by atoms with Crippen LogP contribution in [0.3, 0.4) is 0 Å². The van der Waals surface area contributed by atoms with Gasteiger partial charge in [-0.15, -0.1) is 0 Å². The molecule has 3 rings (SSSR count). The van der Waals surface area contributed by atoms with Gasteiger partial charge in [-0.25, -0.2) is 9.89 Å². The van der Waals surface area contributed by atoms with Gasteiger partial charge in [-0.1, -0.05) is 62.6 Å². The second-order valence-electron chi connectivity index (χ2n) is 4.79. The molecule has 7 heteroatoms. The summed E-state index contributed by atoms with van der Waals surface area (Å²) < 4.78 is 6.43. The number of hydrogen-bond acceptors (Lipinski definition) is 4. The molecule has 1 aromatic heterocycles. The fraction of sp³-hybridized carbons (Fsp3) is 0.0625. The lowest BCUT2D eigenvalue weighted by Crippen LogP contribution is -2.03. The molecule has 2 N–H and O–H groups in total. The van der Waals surface area contributed by atoms with Crippen LogP contribution in [-0.2, 0) is 6.61 Å². The summed E-state index contributed by atoms with van der Waals surface area (Å²) in [5, 5.41) is 18.3. The van der Waals surface area contributed by atoms with E-state index in [4.69, 9.17) is 9.84 Å². The van der Waals surface area contributed by atoms with E-state index in [0.717, 1.165) is 21.2 Å². The zero-order chi connectivity index (χ0) is 16.2. The lowest BCUT2D eigenvalue weighted by atomic mass is 10.0. The summed E-state index contributed by atoms with van der Waals surface area (Å²) in [6.07, 6.45) is 0. The molecule has 0 aliphatic heterocycles. The summed E-state index contributed by atoms with van der Waals surface area (Å²) in [5.74, 6) is -1.18. The van der Waals surface area contributed by atoms with Gasteiger partial charge in [0.25, 0.3) is 5.88 Å². The molecule has 3 aromatic rings. The number of carboxylic acid groups (broad SMARTS) is 1. The number of aromatic amines is 1. The Labute approximate surface area is 140 Å². The van der Waals surface area contributed by atoms with Gasteiger partial charge in [0.2, 0.25) is 5.69 Å². The van der Waals surface area contributed by atoms with Crippen LogP contribution in [0.2, 0.25) is 0 Å². The van der Waals surface area contributed by atoms with Crippen LogP contribution in [0.5, 0.6) is 5.88 Å². The Kier molecular flexibility index (Phi) is 4.38. The summed E-state index contributed by atoms with van der Waals surface area (Å²) in [5.41, 5.74) is 2.96. The normalized spacial score (nSPS) is 10.5. The van der Waals surface area contributed by atoms with Crippen LogP contribution in [0, 0.1) is 0 Å². The first-order valence-corrected chi connectivity index (χ1v) is 7.55. The van der Waals surface area contributed by atoms with Gasteiger partial charge < -0.3 is 9.84 Å². The van der Waals surface area contributed by atoms with Gasteiger partial charge in [-0.3, -0.25) is 0 Å². The molecule has 2 aromatic carbocycles. The average molecular weight is 374 g/mol. The van der Waals surface area contributed by atoms with Gasteiger partial charge >= 0.3 is 5.97 Å². The van der Waals surface area contributed by atoms with Crippen molar-refractivity contribution in [3.8, 4) is 17.0 Å². The standard InChI is InChI=1S/C16H12BrN3O3/c17-13-7-5-12(6-8-13)11-3-1-10(2-4-11)9-23-15-14(16(21)22)18-20-19-15/h1-8H,9H2,(H,21,22)(H,18,19,20). The third-order valence-corrected chi connectivity index (χ3v) is 3.77. The van der Waals surface area contributed by atoms with Crippen LogP contribution >= 0.6 is 15.9 Å². The highest BCUT2D eigenvalue weighted by molar-refractivity contribution is 9.10. The van der Waals surface area contributed by atoms with Crippen molar-refractivity contribution >= 4 is 21.9 Å². The highest BCUT2D eigenvalue weighted by Crippen LogP contribution is 2.22. The highest BCUT2D eigenvalue weighted by atomic mass is 79.9. The number of hydrogen-bond donors (Lipinski definition) is 2. The van der Waals surface area contributed by atoms with Crippen molar-refractivity contribution in [1.82, 2.24) is 15.4 Å². The van der Waals surface area contributed by atoms with Gasteiger partial charge in [-0.05, 0) is 28.8 Å². The molecule has 0 saturated carbocycles. The van der Waals surface area contributed by atoms with E-state index < -0.39 is 5.97 Å². The smallest absolute Gasteiger partial charge is 0.359 e. The van der Waals surface area contributed by atoms with Crippen molar-refractivity contribution in [2.45, 2.75) is 6.61 Å². The second-order valence-corrected chi connectivity index (χ2v) is 5.71. The Morgan fingerprint density at radius 3 is 2.30 bits per heavy atom. The molecule has 116 valence electrons. The summed E-state index contributed by atoms with van der Waals surface area (Å²) in [4.78, 5) is 10.9. The van der Waals surface area contributed by atoms with Gasteiger partial charge in [0.1, 0.15) is 6.61 Å². The number of nitrogens with zero attached hydrogens (tertiary/aromatic N) is 2. The van der Waals surface area contributed by atoms with Crippen molar-refractivity contribution < 1.29 is 14.6 Å². The minimum Gasteiger partial charge on any atom is -0.476 e. The van der Waals surface area contributed by atoms with Crippen LogP contribution in [0.4, 0.5) is 0 Å². The maximum absolute atomic E-state index is 10.9. The molecule has 1 heterocycles. The topological polar surface area (TPSA) is 88.1 Å². The monoisotopic (exact) mass is 373 g/mol. The average Bonchev–Trinajstić information content (AvgIpc) is 3.03. The predicted molar refractivity (Wildman–Crippen MR) is 87.3 cm³/mol. The molecule has 0 aliphatic carbocycles. The zero-order valence-electron chi connectivity index (χ0n) is 11.9. The number of nitrogens with one attached hydrogen (secondary N) is 1. The molecule has 0 aliphatic rings. The third kappa shape index (κ3) is 3.57. The molecule has 0 amide bonds. The molecule has 0 atom stereocenters. The number of rotatable bonds is 5. The van der Waals surface area contributed by atoms with E-state index in [-0.39, 0.29) is 18.2 Å². The molecular formula is C16H12BrN3O3.